The Labute approximate surface area is 150 Å². The minimum atomic E-state index is 0.130. The van der Waals surface area contributed by atoms with Crippen molar-refractivity contribution in [2.45, 2.75) is 52.4 Å². The standard InChI is InChI=1S/C20H28N4O/c1-15-13-16(2)22-19(18(15)14-21)23-11-7-17(8-12-23)20(25)24-9-5-3-4-6-10-24/h13,17H,3-12H2,1-2H3. The largest absolute Gasteiger partial charge is 0.355 e. The highest BCUT2D eigenvalue weighted by Gasteiger charge is 2.30. The number of piperidine rings is 1. The molecule has 0 atom stereocenters. The summed E-state index contributed by atoms with van der Waals surface area (Å²) in [7, 11) is 0. The van der Waals surface area contributed by atoms with Gasteiger partial charge < -0.3 is 9.80 Å². The van der Waals surface area contributed by atoms with E-state index in [1.807, 2.05) is 19.9 Å². The molecule has 0 radical (unpaired) electrons. The van der Waals surface area contributed by atoms with Crippen molar-refractivity contribution in [3.05, 3.63) is 22.9 Å². The maximum atomic E-state index is 12.8. The van der Waals surface area contributed by atoms with Gasteiger partial charge in [0, 0.05) is 37.8 Å². The van der Waals surface area contributed by atoms with Crippen LogP contribution in [0.1, 0.15) is 55.3 Å². The summed E-state index contributed by atoms with van der Waals surface area (Å²) in [6, 6.07) is 4.26. The molecule has 1 aromatic rings. The van der Waals surface area contributed by atoms with Crippen LogP contribution in [0.4, 0.5) is 5.82 Å². The SMILES string of the molecule is Cc1cc(C)c(C#N)c(N2CCC(C(=O)N3CCCCCC3)CC2)n1. The highest BCUT2D eigenvalue weighted by molar-refractivity contribution is 5.79. The number of hydrogen-bond acceptors (Lipinski definition) is 4. The summed E-state index contributed by atoms with van der Waals surface area (Å²) in [5.41, 5.74) is 2.59. The molecule has 2 fully saturated rings. The van der Waals surface area contributed by atoms with E-state index in [2.05, 4.69) is 20.9 Å². The number of hydrogen-bond donors (Lipinski definition) is 0. The minimum Gasteiger partial charge on any atom is -0.355 e. The molecule has 1 amide bonds. The Morgan fingerprint density at radius 2 is 1.76 bits per heavy atom. The Kier molecular flexibility index (Phi) is 5.57. The highest BCUT2D eigenvalue weighted by atomic mass is 16.2. The first-order valence-corrected chi connectivity index (χ1v) is 9.52. The van der Waals surface area contributed by atoms with Gasteiger partial charge in [-0.1, -0.05) is 12.8 Å². The van der Waals surface area contributed by atoms with Crippen molar-refractivity contribution in [2.24, 2.45) is 5.92 Å². The third-order valence-corrected chi connectivity index (χ3v) is 5.50. The molecule has 1 aromatic heterocycles. The quantitative estimate of drug-likeness (QED) is 0.829. The summed E-state index contributed by atoms with van der Waals surface area (Å²) < 4.78 is 0. The molecule has 25 heavy (non-hydrogen) atoms. The monoisotopic (exact) mass is 340 g/mol. The van der Waals surface area contributed by atoms with Gasteiger partial charge in [0.05, 0.1) is 5.56 Å². The summed E-state index contributed by atoms with van der Waals surface area (Å²) in [5.74, 6) is 1.27. The van der Waals surface area contributed by atoms with Gasteiger partial charge in [0.1, 0.15) is 11.9 Å². The van der Waals surface area contributed by atoms with E-state index >= 15 is 0 Å². The van der Waals surface area contributed by atoms with Gasteiger partial charge in [0.2, 0.25) is 5.91 Å². The smallest absolute Gasteiger partial charge is 0.225 e. The number of carbonyl (C=O) groups excluding carboxylic acids is 1. The second-order valence-corrected chi connectivity index (χ2v) is 7.39. The number of nitrogens with zero attached hydrogens (tertiary/aromatic N) is 4. The van der Waals surface area contributed by atoms with Gasteiger partial charge in [-0.25, -0.2) is 4.98 Å². The van der Waals surface area contributed by atoms with Crippen LogP contribution in [0.15, 0.2) is 6.07 Å². The Morgan fingerprint density at radius 1 is 1.12 bits per heavy atom. The molecule has 3 heterocycles. The average molecular weight is 340 g/mol. The van der Waals surface area contributed by atoms with Crippen molar-refractivity contribution < 1.29 is 4.79 Å². The zero-order valence-corrected chi connectivity index (χ0v) is 15.4. The number of nitriles is 1. The Morgan fingerprint density at radius 3 is 2.36 bits per heavy atom. The fraction of sp³-hybridized carbons (Fsp3) is 0.650. The Balaban J connectivity index is 1.66. The Hall–Kier alpha value is -2.09. The number of pyridine rings is 1. The predicted molar refractivity (Wildman–Crippen MR) is 98.4 cm³/mol. The van der Waals surface area contributed by atoms with Crippen LogP contribution in [0.25, 0.3) is 0 Å². The number of anilines is 1. The van der Waals surface area contributed by atoms with E-state index in [-0.39, 0.29) is 5.92 Å². The highest BCUT2D eigenvalue weighted by Crippen LogP contribution is 2.28. The zero-order valence-electron chi connectivity index (χ0n) is 15.4. The summed E-state index contributed by atoms with van der Waals surface area (Å²) in [6.07, 6.45) is 6.49. The summed E-state index contributed by atoms with van der Waals surface area (Å²) in [5, 5.41) is 9.48. The molecule has 0 saturated carbocycles. The van der Waals surface area contributed by atoms with Gasteiger partial charge in [-0.05, 0) is 51.2 Å². The van der Waals surface area contributed by atoms with E-state index in [0.29, 0.717) is 11.5 Å². The third kappa shape index (κ3) is 3.95. The summed E-state index contributed by atoms with van der Waals surface area (Å²) in [6.45, 7) is 7.38. The van der Waals surface area contributed by atoms with Gasteiger partial charge in [0.15, 0.2) is 0 Å². The number of aromatic nitrogens is 1. The van der Waals surface area contributed by atoms with Gasteiger partial charge in [-0.3, -0.25) is 4.79 Å². The fourth-order valence-corrected chi connectivity index (χ4v) is 4.07. The van der Waals surface area contributed by atoms with Crippen molar-refractivity contribution in [3.63, 3.8) is 0 Å². The number of rotatable bonds is 2. The maximum absolute atomic E-state index is 12.8. The number of amides is 1. The molecule has 0 N–H and O–H groups in total. The molecule has 0 unspecified atom stereocenters. The first kappa shape index (κ1) is 17.7. The van der Waals surface area contributed by atoms with E-state index in [1.165, 1.54) is 12.8 Å². The van der Waals surface area contributed by atoms with Crippen LogP contribution < -0.4 is 4.90 Å². The van der Waals surface area contributed by atoms with Crippen LogP contribution in [0.2, 0.25) is 0 Å². The van der Waals surface area contributed by atoms with Crippen LogP contribution >= 0.6 is 0 Å². The molecule has 2 aliphatic rings. The second-order valence-electron chi connectivity index (χ2n) is 7.39. The number of carbonyl (C=O) groups is 1. The van der Waals surface area contributed by atoms with Gasteiger partial charge in [-0.2, -0.15) is 5.26 Å². The van der Waals surface area contributed by atoms with Crippen molar-refractivity contribution in [2.75, 3.05) is 31.1 Å². The van der Waals surface area contributed by atoms with Crippen molar-refractivity contribution in [1.82, 2.24) is 9.88 Å². The summed E-state index contributed by atoms with van der Waals surface area (Å²) >= 11 is 0. The van der Waals surface area contributed by atoms with Crippen LogP contribution in [0, 0.1) is 31.1 Å². The molecule has 2 aliphatic heterocycles. The zero-order chi connectivity index (χ0) is 17.8. The lowest BCUT2D eigenvalue weighted by molar-refractivity contribution is -0.136. The molecular formula is C20H28N4O. The van der Waals surface area contributed by atoms with E-state index in [4.69, 9.17) is 0 Å². The maximum Gasteiger partial charge on any atom is 0.225 e. The fourth-order valence-electron chi connectivity index (χ4n) is 4.07. The molecule has 0 bridgehead atoms. The molecule has 0 spiro atoms. The van der Waals surface area contributed by atoms with Crippen molar-refractivity contribution in [1.29, 1.82) is 5.26 Å². The number of aryl methyl sites for hydroxylation is 2. The minimum absolute atomic E-state index is 0.130. The van der Waals surface area contributed by atoms with Gasteiger partial charge in [-0.15, -0.1) is 0 Å². The van der Waals surface area contributed by atoms with Crippen LogP contribution in [0.5, 0.6) is 0 Å². The van der Waals surface area contributed by atoms with Gasteiger partial charge >= 0.3 is 0 Å². The van der Waals surface area contributed by atoms with Gasteiger partial charge in [0.25, 0.3) is 0 Å². The lowest BCUT2D eigenvalue weighted by atomic mass is 9.94. The van der Waals surface area contributed by atoms with Crippen molar-refractivity contribution >= 4 is 11.7 Å². The van der Waals surface area contributed by atoms with E-state index in [0.717, 1.165) is 68.9 Å². The van der Waals surface area contributed by atoms with Crippen LogP contribution in [-0.2, 0) is 4.79 Å². The van der Waals surface area contributed by atoms with Crippen LogP contribution in [-0.4, -0.2) is 42.0 Å². The predicted octanol–water partition coefficient (Wildman–Crippen LogP) is 3.19. The van der Waals surface area contributed by atoms with E-state index in [9.17, 15) is 10.1 Å². The van der Waals surface area contributed by atoms with Crippen molar-refractivity contribution in [3.8, 4) is 6.07 Å². The molecule has 3 rings (SSSR count). The first-order valence-electron chi connectivity index (χ1n) is 9.52. The molecule has 5 nitrogen and oxygen atoms in total. The normalized spacial score (nSPS) is 19.4. The topological polar surface area (TPSA) is 60.2 Å². The van der Waals surface area contributed by atoms with E-state index in [1.54, 1.807) is 0 Å². The number of likely N-dealkylation sites (tertiary alicyclic amines) is 1. The van der Waals surface area contributed by atoms with E-state index < -0.39 is 0 Å². The molecule has 2 saturated heterocycles. The third-order valence-electron chi connectivity index (χ3n) is 5.50. The Bertz CT molecular complexity index is 663. The molecule has 0 aliphatic carbocycles. The second kappa shape index (κ2) is 7.86. The first-order chi connectivity index (χ1) is 12.1. The van der Waals surface area contributed by atoms with Crippen LogP contribution in [0.3, 0.4) is 0 Å². The lowest BCUT2D eigenvalue weighted by Gasteiger charge is -2.35. The lowest BCUT2D eigenvalue weighted by Crippen LogP contribution is -2.43. The summed E-state index contributed by atoms with van der Waals surface area (Å²) in [4.78, 5) is 21.7. The molecule has 0 aromatic carbocycles. The molecule has 5 heteroatoms. The molecular weight excluding hydrogens is 312 g/mol. The molecule has 134 valence electrons. The average Bonchev–Trinajstić information content (AvgIpc) is 2.90.